The molecule has 0 saturated heterocycles. The van der Waals surface area contributed by atoms with E-state index in [1.165, 1.54) is 11.3 Å². The van der Waals surface area contributed by atoms with Crippen molar-refractivity contribution in [2.24, 2.45) is 0 Å². The number of carbonyl (C=O) groups is 2. The van der Waals surface area contributed by atoms with Crippen LogP contribution in [0.15, 0.2) is 73.1 Å². The summed E-state index contributed by atoms with van der Waals surface area (Å²) < 4.78 is 5.75. The Morgan fingerprint density at radius 2 is 1.79 bits per heavy atom. The van der Waals surface area contributed by atoms with E-state index in [4.69, 9.17) is 4.74 Å². The average Bonchev–Trinajstić information content (AvgIpc) is 3.32. The minimum absolute atomic E-state index is 0.209. The summed E-state index contributed by atoms with van der Waals surface area (Å²) >= 11 is 1.17. The first-order valence-corrected chi connectivity index (χ1v) is 11.0. The first kappa shape index (κ1) is 22.1. The van der Waals surface area contributed by atoms with Gasteiger partial charge < -0.3 is 15.4 Å². The number of rotatable bonds is 8. The molecule has 2 heterocycles. The lowest BCUT2D eigenvalue weighted by Gasteiger charge is -2.07. The SMILES string of the molecule is Cc1ccccc1OCc1nnc(C(=O)Nc2ccc(C(=O)NCc3cccnc3)cc2)s1. The fourth-order valence-electron chi connectivity index (χ4n) is 2.94. The number of ether oxygens (including phenoxy) is 1. The summed E-state index contributed by atoms with van der Waals surface area (Å²) in [4.78, 5) is 28.8. The van der Waals surface area contributed by atoms with E-state index in [0.717, 1.165) is 16.9 Å². The van der Waals surface area contributed by atoms with Crippen molar-refractivity contribution in [1.82, 2.24) is 20.5 Å². The number of amides is 2. The van der Waals surface area contributed by atoms with Crippen LogP contribution in [0.1, 0.15) is 36.3 Å². The normalized spacial score (nSPS) is 10.5. The standard InChI is InChI=1S/C24H21N5O3S/c1-16-5-2-3-7-20(16)32-15-21-28-29-24(33-21)23(31)27-19-10-8-18(9-11-19)22(30)26-14-17-6-4-12-25-13-17/h2-13H,14-15H2,1H3,(H,26,30)(H,27,31). The van der Waals surface area contributed by atoms with Gasteiger partial charge in [0, 0.05) is 30.2 Å². The maximum Gasteiger partial charge on any atom is 0.286 e. The van der Waals surface area contributed by atoms with E-state index in [-0.39, 0.29) is 23.4 Å². The van der Waals surface area contributed by atoms with Gasteiger partial charge in [0.1, 0.15) is 12.4 Å². The van der Waals surface area contributed by atoms with E-state index < -0.39 is 0 Å². The van der Waals surface area contributed by atoms with E-state index in [1.54, 1.807) is 36.7 Å². The summed E-state index contributed by atoms with van der Waals surface area (Å²) in [7, 11) is 0. The molecule has 0 atom stereocenters. The number of carbonyl (C=O) groups excluding carboxylic acids is 2. The van der Waals surface area contributed by atoms with E-state index in [0.29, 0.717) is 22.8 Å². The molecule has 2 aromatic carbocycles. The van der Waals surface area contributed by atoms with Gasteiger partial charge in [-0.15, -0.1) is 10.2 Å². The number of benzene rings is 2. The highest BCUT2D eigenvalue weighted by molar-refractivity contribution is 7.13. The van der Waals surface area contributed by atoms with Crippen LogP contribution < -0.4 is 15.4 Å². The fourth-order valence-corrected chi connectivity index (χ4v) is 3.59. The van der Waals surface area contributed by atoms with Crippen molar-refractivity contribution >= 4 is 28.8 Å². The van der Waals surface area contributed by atoms with Crippen LogP contribution in [0.3, 0.4) is 0 Å². The van der Waals surface area contributed by atoms with Gasteiger partial charge in [0.2, 0.25) is 5.01 Å². The number of anilines is 1. The Kier molecular flexibility index (Phi) is 7.01. The molecule has 0 aliphatic carbocycles. The molecule has 9 heteroatoms. The summed E-state index contributed by atoms with van der Waals surface area (Å²) in [6, 6.07) is 18.0. The monoisotopic (exact) mass is 459 g/mol. The zero-order chi connectivity index (χ0) is 23.0. The molecule has 0 spiro atoms. The van der Waals surface area contributed by atoms with Gasteiger partial charge in [-0.2, -0.15) is 0 Å². The largest absolute Gasteiger partial charge is 0.486 e. The maximum atomic E-state index is 12.5. The van der Waals surface area contributed by atoms with Gasteiger partial charge in [0.05, 0.1) is 0 Å². The lowest BCUT2D eigenvalue weighted by molar-refractivity contribution is 0.0950. The summed E-state index contributed by atoms with van der Waals surface area (Å²) in [5.41, 5.74) is 2.98. The molecule has 0 radical (unpaired) electrons. The molecular formula is C24H21N5O3S. The molecule has 33 heavy (non-hydrogen) atoms. The molecule has 4 rings (SSSR count). The minimum atomic E-state index is -0.372. The Labute approximate surface area is 194 Å². The first-order chi connectivity index (χ1) is 16.1. The Hall–Kier alpha value is -4.11. The third-order valence-electron chi connectivity index (χ3n) is 4.69. The van der Waals surface area contributed by atoms with E-state index in [9.17, 15) is 9.59 Å². The van der Waals surface area contributed by atoms with Crippen LogP contribution in [0.4, 0.5) is 5.69 Å². The average molecular weight is 460 g/mol. The number of hydrogen-bond donors (Lipinski definition) is 2. The highest BCUT2D eigenvalue weighted by Gasteiger charge is 2.14. The van der Waals surface area contributed by atoms with Gasteiger partial charge in [-0.1, -0.05) is 35.6 Å². The van der Waals surface area contributed by atoms with E-state index in [1.807, 2.05) is 43.3 Å². The van der Waals surface area contributed by atoms with Crippen LogP contribution in [0.5, 0.6) is 5.75 Å². The Balaban J connectivity index is 1.29. The van der Waals surface area contributed by atoms with Crippen molar-refractivity contribution in [1.29, 1.82) is 0 Å². The molecule has 0 bridgehead atoms. The highest BCUT2D eigenvalue weighted by atomic mass is 32.1. The highest BCUT2D eigenvalue weighted by Crippen LogP contribution is 2.20. The Morgan fingerprint density at radius 1 is 0.970 bits per heavy atom. The molecule has 8 nitrogen and oxygen atoms in total. The van der Waals surface area contributed by atoms with Crippen molar-refractivity contribution in [3.63, 3.8) is 0 Å². The van der Waals surface area contributed by atoms with Crippen molar-refractivity contribution in [3.8, 4) is 5.75 Å². The Bertz CT molecular complexity index is 1240. The number of nitrogens with zero attached hydrogens (tertiary/aromatic N) is 3. The summed E-state index contributed by atoms with van der Waals surface area (Å²) in [5.74, 6) is 0.186. The number of aryl methyl sites for hydroxylation is 1. The third-order valence-corrected chi connectivity index (χ3v) is 5.58. The van der Waals surface area contributed by atoms with Crippen LogP contribution in [0.25, 0.3) is 0 Å². The quantitative estimate of drug-likeness (QED) is 0.413. The summed E-state index contributed by atoms with van der Waals surface area (Å²) in [6.07, 6.45) is 3.38. The summed E-state index contributed by atoms with van der Waals surface area (Å²) in [5, 5.41) is 14.4. The Morgan fingerprint density at radius 3 is 2.55 bits per heavy atom. The zero-order valence-electron chi connectivity index (χ0n) is 17.8. The predicted octanol–water partition coefficient (Wildman–Crippen LogP) is 4.00. The van der Waals surface area contributed by atoms with Crippen LogP contribution >= 0.6 is 11.3 Å². The second-order valence-corrected chi connectivity index (χ2v) is 8.19. The molecular weight excluding hydrogens is 438 g/mol. The second kappa shape index (κ2) is 10.5. The molecule has 4 aromatic rings. The smallest absolute Gasteiger partial charge is 0.286 e. The van der Waals surface area contributed by atoms with Crippen LogP contribution in [0, 0.1) is 6.92 Å². The second-order valence-electron chi connectivity index (χ2n) is 7.13. The number of aromatic nitrogens is 3. The molecule has 166 valence electrons. The molecule has 2 aromatic heterocycles. The lowest BCUT2D eigenvalue weighted by atomic mass is 10.2. The number of pyridine rings is 1. The molecule has 0 aliphatic heterocycles. The van der Waals surface area contributed by atoms with Gasteiger partial charge >= 0.3 is 0 Å². The van der Waals surface area contributed by atoms with Gasteiger partial charge in [-0.05, 0) is 54.4 Å². The first-order valence-electron chi connectivity index (χ1n) is 10.2. The van der Waals surface area contributed by atoms with Gasteiger partial charge in [0.15, 0.2) is 5.01 Å². The van der Waals surface area contributed by atoms with E-state index in [2.05, 4.69) is 25.8 Å². The topological polar surface area (TPSA) is 106 Å². The van der Waals surface area contributed by atoms with Gasteiger partial charge in [0.25, 0.3) is 11.8 Å². The molecule has 2 N–H and O–H groups in total. The van der Waals surface area contributed by atoms with Crippen LogP contribution in [-0.2, 0) is 13.2 Å². The van der Waals surface area contributed by atoms with Crippen molar-refractivity contribution < 1.29 is 14.3 Å². The number of nitrogens with one attached hydrogen (secondary N) is 2. The molecule has 0 aliphatic rings. The van der Waals surface area contributed by atoms with Gasteiger partial charge in [-0.3, -0.25) is 14.6 Å². The van der Waals surface area contributed by atoms with Crippen molar-refractivity contribution in [2.45, 2.75) is 20.1 Å². The van der Waals surface area contributed by atoms with Crippen LogP contribution in [-0.4, -0.2) is 27.0 Å². The van der Waals surface area contributed by atoms with E-state index >= 15 is 0 Å². The lowest BCUT2D eigenvalue weighted by Crippen LogP contribution is -2.22. The van der Waals surface area contributed by atoms with Crippen LogP contribution in [0.2, 0.25) is 0 Å². The third kappa shape index (κ3) is 5.98. The maximum absolute atomic E-state index is 12.5. The fraction of sp³-hybridized carbons (Fsp3) is 0.125. The predicted molar refractivity (Wildman–Crippen MR) is 125 cm³/mol. The van der Waals surface area contributed by atoms with Gasteiger partial charge in [-0.25, -0.2) is 0 Å². The molecule has 2 amide bonds. The molecule has 0 fully saturated rings. The summed E-state index contributed by atoms with van der Waals surface area (Å²) in [6.45, 7) is 2.58. The minimum Gasteiger partial charge on any atom is -0.486 e. The van der Waals surface area contributed by atoms with Crippen molar-refractivity contribution in [2.75, 3.05) is 5.32 Å². The molecule has 0 unspecified atom stereocenters. The number of para-hydroxylation sites is 1. The molecule has 0 saturated carbocycles. The zero-order valence-corrected chi connectivity index (χ0v) is 18.6. The van der Waals surface area contributed by atoms with Crippen molar-refractivity contribution in [3.05, 3.63) is 99.8 Å². The number of hydrogen-bond acceptors (Lipinski definition) is 7.